The first-order valence-electron chi connectivity index (χ1n) is 4.88. The van der Waals surface area contributed by atoms with Gasteiger partial charge in [-0.05, 0) is 13.8 Å². The summed E-state index contributed by atoms with van der Waals surface area (Å²) in [6.45, 7) is 5.82. The molecule has 0 aromatic carbocycles. The molecule has 17 heavy (non-hydrogen) atoms. The van der Waals surface area contributed by atoms with Crippen LogP contribution in [0.1, 0.15) is 13.8 Å². The van der Waals surface area contributed by atoms with Crippen molar-refractivity contribution in [2.24, 2.45) is 0 Å². The molecule has 0 aliphatic carbocycles. The zero-order chi connectivity index (χ0) is 13.4. The van der Waals surface area contributed by atoms with Gasteiger partial charge in [0.1, 0.15) is 12.2 Å². The van der Waals surface area contributed by atoms with Crippen LogP contribution in [0.25, 0.3) is 0 Å². The van der Waals surface area contributed by atoms with E-state index in [1.165, 1.54) is 19.9 Å². The maximum absolute atomic E-state index is 11.1. The summed E-state index contributed by atoms with van der Waals surface area (Å²) in [6.07, 6.45) is -1.31. The average Bonchev–Trinajstić information content (AvgIpc) is 2.25. The Kier molecular flexibility index (Phi) is 7.38. The van der Waals surface area contributed by atoms with Gasteiger partial charge < -0.3 is 23.5 Å². The molecule has 0 saturated carbocycles. The Morgan fingerprint density at radius 2 is 1.65 bits per heavy atom. The Morgan fingerprint density at radius 1 is 1.24 bits per heavy atom. The minimum atomic E-state index is -3.07. The molecular weight excluding hydrogens is 248 g/mol. The minimum absolute atomic E-state index is 0.0249. The largest absolute Gasteiger partial charge is 0.620 e. The smallest absolute Gasteiger partial charge is 0.465 e. The number of carbonyl (C=O) groups excluding carboxylic acids is 2. The first-order valence-corrected chi connectivity index (χ1v) is 6.29. The van der Waals surface area contributed by atoms with E-state index in [2.05, 4.69) is 15.4 Å². The van der Waals surface area contributed by atoms with Crippen molar-refractivity contribution in [3.05, 3.63) is 12.7 Å². The Labute approximate surface area is 101 Å². The number of hydrogen-bond donors (Lipinski definition) is 2. The SMILES string of the molecule is C=CCO[SiH](OC(=O)C(C)O)OC(=O)C(C)O. The molecule has 0 aliphatic heterocycles. The fourth-order valence-electron chi connectivity index (χ4n) is 0.625. The molecule has 0 amide bonds. The van der Waals surface area contributed by atoms with Crippen molar-refractivity contribution in [2.75, 3.05) is 6.61 Å². The first kappa shape index (κ1) is 15.8. The molecule has 0 aromatic rings. The van der Waals surface area contributed by atoms with Crippen molar-refractivity contribution in [3.8, 4) is 0 Å². The van der Waals surface area contributed by atoms with Gasteiger partial charge in [0.15, 0.2) is 0 Å². The Bertz CT molecular complexity index is 255. The maximum atomic E-state index is 11.1. The van der Waals surface area contributed by atoms with Gasteiger partial charge in [0.25, 0.3) is 0 Å². The van der Waals surface area contributed by atoms with Crippen LogP contribution in [0.2, 0.25) is 0 Å². The molecule has 0 saturated heterocycles. The predicted octanol–water partition coefficient (Wildman–Crippen LogP) is -1.25. The van der Waals surface area contributed by atoms with E-state index in [1.807, 2.05) is 0 Å². The maximum Gasteiger partial charge on any atom is 0.620 e. The summed E-state index contributed by atoms with van der Waals surface area (Å²) in [5.41, 5.74) is 0. The molecule has 0 radical (unpaired) electrons. The number of hydrogen-bond acceptors (Lipinski definition) is 7. The van der Waals surface area contributed by atoms with Crippen LogP contribution in [0.3, 0.4) is 0 Å². The summed E-state index contributed by atoms with van der Waals surface area (Å²) < 4.78 is 14.3. The molecule has 8 heteroatoms. The Morgan fingerprint density at radius 3 is 1.94 bits per heavy atom. The second-order valence-corrected chi connectivity index (χ2v) is 4.52. The molecule has 0 aliphatic rings. The summed E-state index contributed by atoms with van der Waals surface area (Å²) in [6, 6.07) is 0. The highest BCUT2D eigenvalue weighted by Gasteiger charge is 2.28. The monoisotopic (exact) mass is 264 g/mol. The first-order chi connectivity index (χ1) is 7.88. The lowest BCUT2D eigenvalue weighted by Crippen LogP contribution is -2.38. The Hall–Kier alpha value is -1.22. The average molecular weight is 264 g/mol. The van der Waals surface area contributed by atoms with Gasteiger partial charge in [-0.3, -0.25) is 9.59 Å². The third-order valence-corrected chi connectivity index (χ3v) is 2.77. The van der Waals surface area contributed by atoms with E-state index >= 15 is 0 Å². The van der Waals surface area contributed by atoms with Gasteiger partial charge in [0.05, 0.1) is 6.61 Å². The summed E-state index contributed by atoms with van der Waals surface area (Å²) in [5, 5.41) is 17.8. The molecule has 7 nitrogen and oxygen atoms in total. The topological polar surface area (TPSA) is 102 Å². The fourth-order valence-corrected chi connectivity index (χ4v) is 1.88. The lowest BCUT2D eigenvalue weighted by atomic mass is 10.4. The van der Waals surface area contributed by atoms with Crippen LogP contribution in [-0.2, 0) is 22.9 Å². The van der Waals surface area contributed by atoms with Crippen LogP contribution in [0.4, 0.5) is 0 Å². The quantitative estimate of drug-likeness (QED) is 0.437. The number of rotatable bonds is 7. The van der Waals surface area contributed by atoms with Gasteiger partial charge >= 0.3 is 21.5 Å². The van der Waals surface area contributed by atoms with E-state index in [0.29, 0.717) is 0 Å². The van der Waals surface area contributed by atoms with E-state index in [0.717, 1.165) is 0 Å². The second kappa shape index (κ2) is 7.95. The molecule has 0 heterocycles. The number of carbonyl (C=O) groups is 2. The zero-order valence-corrected chi connectivity index (χ0v) is 10.8. The van der Waals surface area contributed by atoms with Crippen molar-refractivity contribution in [2.45, 2.75) is 26.1 Å². The van der Waals surface area contributed by atoms with Crippen LogP contribution in [0, 0.1) is 0 Å². The van der Waals surface area contributed by atoms with E-state index in [4.69, 9.17) is 14.6 Å². The number of aliphatic hydroxyl groups is 2. The normalized spacial score (nSPS) is 15.5. The van der Waals surface area contributed by atoms with E-state index < -0.39 is 33.7 Å². The molecule has 0 rings (SSSR count). The van der Waals surface area contributed by atoms with Gasteiger partial charge in [0.2, 0.25) is 0 Å². The lowest BCUT2D eigenvalue weighted by Gasteiger charge is -2.17. The highest BCUT2D eigenvalue weighted by molar-refractivity contribution is 6.42. The molecule has 0 spiro atoms. The number of aliphatic hydroxyl groups excluding tert-OH is 2. The highest BCUT2D eigenvalue weighted by Crippen LogP contribution is 1.99. The molecule has 0 fully saturated rings. The van der Waals surface area contributed by atoms with Crippen LogP contribution in [-0.4, -0.2) is 50.5 Å². The highest BCUT2D eigenvalue weighted by atomic mass is 28.3. The van der Waals surface area contributed by atoms with Gasteiger partial charge in [-0.2, -0.15) is 0 Å². The van der Waals surface area contributed by atoms with Crippen LogP contribution >= 0.6 is 0 Å². The molecule has 98 valence electrons. The Balaban J connectivity index is 4.37. The van der Waals surface area contributed by atoms with Crippen molar-refractivity contribution in [3.63, 3.8) is 0 Å². The van der Waals surface area contributed by atoms with E-state index in [-0.39, 0.29) is 6.61 Å². The van der Waals surface area contributed by atoms with E-state index in [9.17, 15) is 9.59 Å². The third-order valence-electron chi connectivity index (χ3n) is 1.46. The van der Waals surface area contributed by atoms with Gasteiger partial charge in [-0.1, -0.05) is 6.08 Å². The molecule has 0 bridgehead atoms. The molecule has 0 aromatic heterocycles. The van der Waals surface area contributed by atoms with Crippen molar-refractivity contribution >= 4 is 21.5 Å². The van der Waals surface area contributed by atoms with E-state index in [1.54, 1.807) is 0 Å². The van der Waals surface area contributed by atoms with Gasteiger partial charge in [-0.15, -0.1) is 6.58 Å². The van der Waals surface area contributed by atoms with Crippen LogP contribution < -0.4 is 0 Å². The summed E-state index contributed by atoms with van der Waals surface area (Å²) >= 11 is 0. The van der Waals surface area contributed by atoms with Gasteiger partial charge in [0, 0.05) is 0 Å². The standard InChI is InChI=1S/C9H16O7Si/c1-4-5-14-17(15-8(12)6(2)10)16-9(13)7(3)11/h4,6-7,10-11,17H,1,5H2,2-3H3. The van der Waals surface area contributed by atoms with Crippen LogP contribution in [0.5, 0.6) is 0 Å². The summed E-state index contributed by atoms with van der Waals surface area (Å²) in [5.74, 6) is -1.91. The second-order valence-electron chi connectivity index (χ2n) is 3.14. The van der Waals surface area contributed by atoms with Crippen molar-refractivity contribution in [1.82, 2.24) is 0 Å². The third kappa shape index (κ3) is 6.84. The fraction of sp³-hybridized carbons (Fsp3) is 0.556. The lowest BCUT2D eigenvalue weighted by molar-refractivity contribution is -0.152. The predicted molar refractivity (Wildman–Crippen MR) is 58.8 cm³/mol. The van der Waals surface area contributed by atoms with Gasteiger partial charge in [-0.25, -0.2) is 0 Å². The molecular formula is C9H16O7Si. The zero-order valence-electron chi connectivity index (χ0n) is 9.66. The van der Waals surface area contributed by atoms with Crippen LogP contribution in [0.15, 0.2) is 12.7 Å². The molecule has 2 atom stereocenters. The summed E-state index contributed by atoms with van der Waals surface area (Å²) in [4.78, 5) is 22.1. The molecule has 2 N–H and O–H groups in total. The summed E-state index contributed by atoms with van der Waals surface area (Å²) in [7, 11) is -3.07. The molecule has 2 unspecified atom stereocenters. The van der Waals surface area contributed by atoms with Crippen molar-refractivity contribution in [1.29, 1.82) is 0 Å². The minimum Gasteiger partial charge on any atom is -0.465 e. The van der Waals surface area contributed by atoms with Crippen molar-refractivity contribution < 1.29 is 33.1 Å².